The van der Waals surface area contributed by atoms with Crippen molar-refractivity contribution in [2.45, 2.75) is 18.9 Å². The first kappa shape index (κ1) is 17.6. The SMILES string of the molecule is COc1ccc(N(C)S(C)(=O)=O)cc1C(=O)NC[C@H]1CCCO1. The van der Waals surface area contributed by atoms with Crippen LogP contribution in [0.2, 0.25) is 0 Å². The average molecular weight is 342 g/mol. The number of hydrogen-bond donors (Lipinski definition) is 1. The lowest BCUT2D eigenvalue weighted by Gasteiger charge is -2.19. The molecule has 1 aliphatic rings. The van der Waals surface area contributed by atoms with Gasteiger partial charge in [-0.1, -0.05) is 0 Å². The van der Waals surface area contributed by atoms with E-state index in [1.807, 2.05) is 0 Å². The van der Waals surface area contributed by atoms with Gasteiger partial charge in [-0.3, -0.25) is 9.10 Å². The molecule has 8 heteroatoms. The smallest absolute Gasteiger partial charge is 0.255 e. The van der Waals surface area contributed by atoms with E-state index in [-0.39, 0.29) is 12.0 Å². The zero-order valence-electron chi connectivity index (χ0n) is 13.5. The first-order valence-corrected chi connectivity index (χ1v) is 9.19. The summed E-state index contributed by atoms with van der Waals surface area (Å²) in [6.07, 6.45) is 3.06. The highest BCUT2D eigenvalue weighted by Gasteiger charge is 2.20. The molecule has 1 heterocycles. The van der Waals surface area contributed by atoms with Crippen LogP contribution >= 0.6 is 0 Å². The van der Waals surface area contributed by atoms with Crippen LogP contribution in [-0.2, 0) is 14.8 Å². The van der Waals surface area contributed by atoms with Gasteiger partial charge in [0, 0.05) is 20.2 Å². The van der Waals surface area contributed by atoms with Crippen molar-refractivity contribution in [3.8, 4) is 5.75 Å². The molecule has 0 aliphatic carbocycles. The summed E-state index contributed by atoms with van der Waals surface area (Å²) in [6, 6.07) is 4.68. The lowest BCUT2D eigenvalue weighted by molar-refractivity contribution is 0.0855. The Labute approximate surface area is 136 Å². The van der Waals surface area contributed by atoms with Gasteiger partial charge in [-0.05, 0) is 31.0 Å². The Hall–Kier alpha value is -1.80. The van der Waals surface area contributed by atoms with Gasteiger partial charge in [0.05, 0.1) is 30.7 Å². The fraction of sp³-hybridized carbons (Fsp3) is 0.533. The van der Waals surface area contributed by atoms with E-state index in [2.05, 4.69) is 5.32 Å². The Kier molecular flexibility index (Phi) is 5.48. The molecule has 0 saturated carbocycles. The van der Waals surface area contributed by atoms with E-state index < -0.39 is 10.0 Å². The summed E-state index contributed by atoms with van der Waals surface area (Å²) in [6.45, 7) is 1.15. The molecule has 23 heavy (non-hydrogen) atoms. The van der Waals surface area contributed by atoms with Crippen LogP contribution < -0.4 is 14.4 Å². The maximum Gasteiger partial charge on any atom is 0.255 e. The van der Waals surface area contributed by atoms with Crippen molar-refractivity contribution in [2.24, 2.45) is 0 Å². The van der Waals surface area contributed by atoms with Crippen molar-refractivity contribution in [1.29, 1.82) is 0 Å². The average Bonchev–Trinajstić information content (AvgIpc) is 3.03. The lowest BCUT2D eigenvalue weighted by atomic mass is 10.1. The predicted octanol–water partition coefficient (Wildman–Crippen LogP) is 1.000. The molecular weight excluding hydrogens is 320 g/mol. The number of hydrogen-bond acceptors (Lipinski definition) is 5. The molecule has 0 bridgehead atoms. The standard InChI is InChI=1S/C15H22N2O5S/c1-17(23(3,19)20)11-6-7-14(21-2)13(9-11)15(18)16-10-12-5-4-8-22-12/h6-7,9,12H,4-5,8,10H2,1-3H3,(H,16,18)/t12-/m1/s1. The Balaban J connectivity index is 2.19. The van der Waals surface area contributed by atoms with Crippen molar-refractivity contribution >= 4 is 21.6 Å². The van der Waals surface area contributed by atoms with Crippen molar-refractivity contribution in [3.05, 3.63) is 23.8 Å². The number of rotatable bonds is 6. The first-order chi connectivity index (χ1) is 10.8. The third-order valence-electron chi connectivity index (χ3n) is 3.80. The summed E-state index contributed by atoms with van der Waals surface area (Å²) in [7, 11) is -0.502. The van der Waals surface area contributed by atoms with E-state index in [1.165, 1.54) is 20.2 Å². The van der Waals surface area contributed by atoms with E-state index in [0.717, 1.165) is 30.0 Å². The van der Waals surface area contributed by atoms with E-state index in [1.54, 1.807) is 12.1 Å². The van der Waals surface area contributed by atoms with Crippen LogP contribution in [0.5, 0.6) is 5.75 Å². The Morgan fingerprint density at radius 2 is 2.22 bits per heavy atom. The molecule has 128 valence electrons. The van der Waals surface area contributed by atoms with Crippen molar-refractivity contribution in [3.63, 3.8) is 0 Å². The lowest BCUT2D eigenvalue weighted by Crippen LogP contribution is -2.32. The molecular formula is C15H22N2O5S. The zero-order valence-corrected chi connectivity index (χ0v) is 14.4. The number of ether oxygens (including phenoxy) is 2. The Morgan fingerprint density at radius 1 is 1.48 bits per heavy atom. The second-order valence-electron chi connectivity index (χ2n) is 5.46. The quantitative estimate of drug-likeness (QED) is 0.834. The topological polar surface area (TPSA) is 84.9 Å². The third-order valence-corrected chi connectivity index (χ3v) is 5.01. The first-order valence-electron chi connectivity index (χ1n) is 7.34. The van der Waals surface area contributed by atoms with Crippen molar-refractivity contribution in [2.75, 3.05) is 37.9 Å². The van der Waals surface area contributed by atoms with Gasteiger partial charge in [-0.25, -0.2) is 8.42 Å². The van der Waals surface area contributed by atoms with Gasteiger partial charge in [-0.15, -0.1) is 0 Å². The molecule has 1 saturated heterocycles. The molecule has 0 aromatic heterocycles. The van der Waals surface area contributed by atoms with Crippen LogP contribution in [0.25, 0.3) is 0 Å². The van der Waals surface area contributed by atoms with Crippen LogP contribution in [0.4, 0.5) is 5.69 Å². The summed E-state index contributed by atoms with van der Waals surface area (Å²) in [4.78, 5) is 12.4. The molecule has 0 spiro atoms. The minimum absolute atomic E-state index is 0.0341. The summed E-state index contributed by atoms with van der Waals surface area (Å²) in [5.74, 6) is 0.0709. The van der Waals surface area contributed by atoms with Gasteiger partial charge in [-0.2, -0.15) is 0 Å². The van der Waals surface area contributed by atoms with Crippen LogP contribution in [0, 0.1) is 0 Å². The number of nitrogens with one attached hydrogen (secondary N) is 1. The maximum atomic E-state index is 12.4. The van der Waals surface area contributed by atoms with Crippen LogP contribution in [0.3, 0.4) is 0 Å². The fourth-order valence-electron chi connectivity index (χ4n) is 2.37. The van der Waals surface area contributed by atoms with Crippen LogP contribution in [0.1, 0.15) is 23.2 Å². The monoisotopic (exact) mass is 342 g/mol. The minimum Gasteiger partial charge on any atom is -0.496 e. The van der Waals surface area contributed by atoms with Gasteiger partial charge in [0.25, 0.3) is 5.91 Å². The number of carbonyl (C=O) groups excluding carboxylic acids is 1. The zero-order chi connectivity index (χ0) is 17.0. The third kappa shape index (κ3) is 4.35. The number of carbonyl (C=O) groups is 1. The number of amides is 1. The number of methoxy groups -OCH3 is 1. The molecule has 1 atom stereocenters. The second kappa shape index (κ2) is 7.18. The number of sulfonamides is 1. The highest BCUT2D eigenvalue weighted by atomic mass is 32.2. The molecule has 0 radical (unpaired) electrons. The largest absolute Gasteiger partial charge is 0.496 e. The van der Waals surface area contributed by atoms with Crippen LogP contribution in [-0.4, -0.2) is 54.0 Å². The van der Waals surface area contributed by atoms with Gasteiger partial charge >= 0.3 is 0 Å². The Morgan fingerprint density at radius 3 is 2.78 bits per heavy atom. The molecule has 1 amide bonds. The summed E-state index contributed by atoms with van der Waals surface area (Å²) < 4.78 is 35.1. The maximum absolute atomic E-state index is 12.4. The van der Waals surface area contributed by atoms with Gasteiger partial charge in [0.2, 0.25) is 10.0 Å². The minimum atomic E-state index is -3.40. The molecule has 7 nitrogen and oxygen atoms in total. The summed E-state index contributed by atoms with van der Waals surface area (Å²) >= 11 is 0. The molecule has 1 aromatic carbocycles. The highest BCUT2D eigenvalue weighted by molar-refractivity contribution is 7.92. The van der Waals surface area contributed by atoms with E-state index in [4.69, 9.17) is 9.47 Å². The molecule has 1 aromatic rings. The molecule has 0 unspecified atom stereocenters. The highest BCUT2D eigenvalue weighted by Crippen LogP contribution is 2.25. The normalized spacial score (nSPS) is 17.8. The molecule has 1 aliphatic heterocycles. The predicted molar refractivity (Wildman–Crippen MR) is 87.5 cm³/mol. The summed E-state index contributed by atoms with van der Waals surface area (Å²) in [5.41, 5.74) is 0.689. The fourth-order valence-corrected chi connectivity index (χ4v) is 2.86. The van der Waals surface area contributed by atoms with Gasteiger partial charge in [0.1, 0.15) is 5.75 Å². The molecule has 1 fully saturated rings. The van der Waals surface area contributed by atoms with Gasteiger partial charge < -0.3 is 14.8 Å². The number of nitrogens with zero attached hydrogens (tertiary/aromatic N) is 1. The summed E-state index contributed by atoms with van der Waals surface area (Å²) in [5, 5.41) is 2.81. The van der Waals surface area contributed by atoms with Crippen molar-refractivity contribution in [1.82, 2.24) is 5.32 Å². The Bertz CT molecular complexity index is 668. The van der Waals surface area contributed by atoms with E-state index >= 15 is 0 Å². The molecule has 2 rings (SSSR count). The molecule has 1 N–H and O–H groups in total. The van der Waals surface area contributed by atoms with E-state index in [9.17, 15) is 13.2 Å². The van der Waals surface area contributed by atoms with Gasteiger partial charge in [0.15, 0.2) is 0 Å². The van der Waals surface area contributed by atoms with E-state index in [0.29, 0.717) is 23.5 Å². The second-order valence-corrected chi connectivity index (χ2v) is 7.47. The van der Waals surface area contributed by atoms with Crippen molar-refractivity contribution < 1.29 is 22.7 Å². The van der Waals surface area contributed by atoms with Crippen LogP contribution in [0.15, 0.2) is 18.2 Å². The number of benzene rings is 1. The number of anilines is 1.